The highest BCUT2D eigenvalue weighted by Gasteiger charge is 2.06. The Morgan fingerprint density at radius 1 is 1.12 bits per heavy atom. The van der Waals surface area contributed by atoms with Crippen LogP contribution in [0.2, 0.25) is 0 Å². The first-order valence-electron chi connectivity index (χ1n) is 7.68. The van der Waals surface area contributed by atoms with Gasteiger partial charge in [0.1, 0.15) is 12.7 Å². The summed E-state index contributed by atoms with van der Waals surface area (Å²) in [7, 11) is 0. The van der Waals surface area contributed by atoms with Crippen molar-refractivity contribution in [3.05, 3.63) is 78.4 Å². The van der Waals surface area contributed by atoms with Gasteiger partial charge >= 0.3 is 0 Å². The number of hydrogen-bond donors (Lipinski definition) is 1. The van der Waals surface area contributed by atoms with Gasteiger partial charge in [-0.2, -0.15) is 16.9 Å². The van der Waals surface area contributed by atoms with E-state index in [2.05, 4.69) is 27.5 Å². The molecule has 0 unspecified atom stereocenters. The second-order valence-electron chi connectivity index (χ2n) is 5.18. The predicted molar refractivity (Wildman–Crippen MR) is 96.3 cm³/mol. The molecule has 1 N–H and O–H groups in total. The van der Waals surface area contributed by atoms with Crippen molar-refractivity contribution in [2.45, 2.75) is 5.75 Å². The summed E-state index contributed by atoms with van der Waals surface area (Å²) in [6.07, 6.45) is 3.08. The maximum Gasteiger partial charge on any atom is 0.251 e. The molecule has 1 aromatic heterocycles. The van der Waals surface area contributed by atoms with Crippen molar-refractivity contribution in [3.8, 4) is 5.69 Å². The van der Waals surface area contributed by atoms with Gasteiger partial charge in [-0.15, -0.1) is 0 Å². The first-order valence-corrected chi connectivity index (χ1v) is 8.83. The Morgan fingerprint density at radius 3 is 2.79 bits per heavy atom. The third-order valence-corrected chi connectivity index (χ3v) is 4.47. The van der Waals surface area contributed by atoms with Crippen LogP contribution in [0.15, 0.2) is 67.3 Å². The number of aromatic nitrogens is 3. The van der Waals surface area contributed by atoms with E-state index in [1.807, 2.05) is 42.1 Å². The van der Waals surface area contributed by atoms with Crippen molar-refractivity contribution in [2.24, 2.45) is 0 Å². The lowest BCUT2D eigenvalue weighted by Gasteiger charge is -2.07. The van der Waals surface area contributed by atoms with Crippen LogP contribution in [-0.2, 0) is 5.75 Å². The molecule has 0 spiro atoms. The molecule has 3 aromatic rings. The summed E-state index contributed by atoms with van der Waals surface area (Å²) in [5.41, 5.74) is 2.74. The highest BCUT2D eigenvalue weighted by Crippen LogP contribution is 2.11. The van der Waals surface area contributed by atoms with Crippen LogP contribution in [-0.4, -0.2) is 33.0 Å². The van der Waals surface area contributed by atoms with Crippen molar-refractivity contribution < 1.29 is 4.79 Å². The van der Waals surface area contributed by atoms with Gasteiger partial charge in [0.05, 0.1) is 5.69 Å². The highest BCUT2D eigenvalue weighted by molar-refractivity contribution is 7.98. The Kier molecular flexibility index (Phi) is 5.63. The number of benzene rings is 2. The van der Waals surface area contributed by atoms with Gasteiger partial charge in [0.25, 0.3) is 5.91 Å². The Labute approximate surface area is 145 Å². The second-order valence-corrected chi connectivity index (χ2v) is 6.29. The van der Waals surface area contributed by atoms with Crippen LogP contribution in [0.1, 0.15) is 15.9 Å². The molecule has 0 radical (unpaired) electrons. The summed E-state index contributed by atoms with van der Waals surface area (Å²) in [5, 5.41) is 7.03. The van der Waals surface area contributed by atoms with E-state index in [1.165, 1.54) is 11.9 Å². The molecule has 3 rings (SSSR count). The van der Waals surface area contributed by atoms with Gasteiger partial charge in [0, 0.05) is 23.6 Å². The SMILES string of the molecule is O=C(NCCSCc1ccccc1)c1cccc(-n2cncn2)c1. The minimum absolute atomic E-state index is 0.0720. The van der Waals surface area contributed by atoms with Crippen LogP contribution in [0.5, 0.6) is 0 Å². The van der Waals surface area contributed by atoms with E-state index in [0.29, 0.717) is 12.1 Å². The molecule has 0 fully saturated rings. The van der Waals surface area contributed by atoms with E-state index in [4.69, 9.17) is 0 Å². The fraction of sp³-hybridized carbons (Fsp3) is 0.167. The predicted octanol–water partition coefficient (Wildman–Crippen LogP) is 2.93. The highest BCUT2D eigenvalue weighted by atomic mass is 32.2. The van der Waals surface area contributed by atoms with Crippen LogP contribution < -0.4 is 5.32 Å². The molecule has 0 atom stereocenters. The zero-order valence-electron chi connectivity index (χ0n) is 13.1. The second kappa shape index (κ2) is 8.31. The molecule has 0 saturated carbocycles. The van der Waals surface area contributed by atoms with E-state index >= 15 is 0 Å². The van der Waals surface area contributed by atoms with Gasteiger partial charge in [0.15, 0.2) is 0 Å². The number of carbonyl (C=O) groups is 1. The van der Waals surface area contributed by atoms with E-state index < -0.39 is 0 Å². The van der Waals surface area contributed by atoms with Crippen LogP contribution in [0.3, 0.4) is 0 Å². The molecular formula is C18H18N4OS. The molecule has 0 aliphatic carbocycles. The number of nitrogens with one attached hydrogen (secondary N) is 1. The van der Waals surface area contributed by atoms with Crippen molar-refractivity contribution >= 4 is 17.7 Å². The lowest BCUT2D eigenvalue weighted by atomic mass is 10.2. The molecule has 1 heterocycles. The lowest BCUT2D eigenvalue weighted by Crippen LogP contribution is -2.25. The quantitative estimate of drug-likeness (QED) is 0.673. The summed E-state index contributed by atoms with van der Waals surface area (Å²) < 4.78 is 1.63. The fourth-order valence-electron chi connectivity index (χ4n) is 2.23. The Bertz CT molecular complexity index is 775. The minimum Gasteiger partial charge on any atom is -0.351 e. The van der Waals surface area contributed by atoms with Crippen molar-refractivity contribution in [1.82, 2.24) is 20.1 Å². The Morgan fingerprint density at radius 2 is 2.00 bits per heavy atom. The normalized spacial score (nSPS) is 10.5. The van der Waals surface area contributed by atoms with E-state index in [0.717, 1.165) is 17.2 Å². The van der Waals surface area contributed by atoms with Crippen LogP contribution in [0.25, 0.3) is 5.69 Å². The number of rotatable bonds is 7. The average Bonchev–Trinajstić information content (AvgIpc) is 3.17. The smallest absolute Gasteiger partial charge is 0.251 e. The van der Waals surface area contributed by atoms with Crippen molar-refractivity contribution in [3.63, 3.8) is 0 Å². The van der Waals surface area contributed by atoms with E-state index in [9.17, 15) is 4.79 Å². The number of hydrogen-bond acceptors (Lipinski definition) is 4. The van der Waals surface area contributed by atoms with Crippen molar-refractivity contribution in [1.29, 1.82) is 0 Å². The first kappa shape index (κ1) is 16.3. The maximum atomic E-state index is 12.2. The molecule has 1 amide bonds. The molecule has 0 bridgehead atoms. The van der Waals surface area contributed by atoms with Gasteiger partial charge in [-0.1, -0.05) is 36.4 Å². The van der Waals surface area contributed by atoms with Gasteiger partial charge in [-0.25, -0.2) is 9.67 Å². The number of amides is 1. The third kappa shape index (κ3) is 4.45. The monoisotopic (exact) mass is 338 g/mol. The topological polar surface area (TPSA) is 59.8 Å². The Balaban J connectivity index is 1.46. The van der Waals surface area contributed by atoms with E-state index in [-0.39, 0.29) is 5.91 Å². The standard InChI is InChI=1S/C18H18N4OS/c23-18(20-9-10-24-12-15-5-2-1-3-6-15)16-7-4-8-17(11-16)22-14-19-13-21-22/h1-8,11,13-14H,9-10,12H2,(H,20,23). The molecule has 6 heteroatoms. The molecule has 0 aliphatic heterocycles. The average molecular weight is 338 g/mol. The van der Waals surface area contributed by atoms with Crippen LogP contribution in [0, 0.1) is 0 Å². The summed E-state index contributed by atoms with van der Waals surface area (Å²) in [4.78, 5) is 16.2. The zero-order chi connectivity index (χ0) is 16.6. The maximum absolute atomic E-state index is 12.2. The largest absolute Gasteiger partial charge is 0.351 e. The summed E-state index contributed by atoms with van der Waals surface area (Å²) in [6, 6.07) is 17.7. The molecule has 122 valence electrons. The molecule has 2 aromatic carbocycles. The molecule has 5 nitrogen and oxygen atoms in total. The summed E-state index contributed by atoms with van der Waals surface area (Å²) in [6.45, 7) is 0.643. The zero-order valence-corrected chi connectivity index (χ0v) is 13.9. The number of nitrogens with zero attached hydrogens (tertiary/aromatic N) is 3. The molecule has 0 aliphatic rings. The van der Waals surface area contributed by atoms with Gasteiger partial charge in [-0.3, -0.25) is 4.79 Å². The van der Waals surface area contributed by atoms with Gasteiger partial charge < -0.3 is 5.32 Å². The Hall–Kier alpha value is -2.60. The summed E-state index contributed by atoms with van der Waals surface area (Å²) in [5.74, 6) is 1.76. The van der Waals surface area contributed by atoms with Crippen LogP contribution in [0.4, 0.5) is 0 Å². The molecule has 0 saturated heterocycles. The van der Waals surface area contributed by atoms with Gasteiger partial charge in [0.2, 0.25) is 0 Å². The first-order chi connectivity index (χ1) is 11.8. The number of carbonyl (C=O) groups excluding carboxylic acids is 1. The van der Waals surface area contributed by atoms with Gasteiger partial charge in [-0.05, 0) is 23.8 Å². The molecule has 24 heavy (non-hydrogen) atoms. The van der Waals surface area contributed by atoms with E-state index in [1.54, 1.807) is 23.1 Å². The van der Waals surface area contributed by atoms with Crippen LogP contribution >= 0.6 is 11.8 Å². The number of thioether (sulfide) groups is 1. The lowest BCUT2D eigenvalue weighted by molar-refractivity contribution is 0.0956. The minimum atomic E-state index is -0.0720. The summed E-state index contributed by atoms with van der Waals surface area (Å²) >= 11 is 1.81. The third-order valence-electron chi connectivity index (χ3n) is 3.44. The van der Waals surface area contributed by atoms with Crippen molar-refractivity contribution in [2.75, 3.05) is 12.3 Å². The molecular weight excluding hydrogens is 320 g/mol. The fourth-order valence-corrected chi connectivity index (χ4v) is 3.05.